The van der Waals surface area contributed by atoms with E-state index in [0.717, 1.165) is 0 Å². The number of hydrogen-bond donors (Lipinski definition) is 2. The van der Waals surface area contributed by atoms with Crippen molar-refractivity contribution in [2.24, 2.45) is 10.7 Å². The summed E-state index contributed by atoms with van der Waals surface area (Å²) >= 11 is 0. The third-order valence-corrected chi connectivity index (χ3v) is 0.941. The molecule has 0 fully saturated rings. The summed E-state index contributed by atoms with van der Waals surface area (Å²) in [5.41, 5.74) is 5.30. The maximum atomic E-state index is 5.30. The number of nitrogens with one attached hydrogen (secondary N) is 1. The summed E-state index contributed by atoms with van der Waals surface area (Å²) in [4.78, 5) is 3.86. The first-order valence-corrected chi connectivity index (χ1v) is 2.55. The minimum absolute atomic E-state index is 0.322. The Morgan fingerprint density at radius 3 is 3.00 bits per heavy atom. The van der Waals surface area contributed by atoms with Gasteiger partial charge in [0.25, 0.3) is 0 Å². The molecule has 0 radical (unpaired) electrons. The molecule has 0 aromatic heterocycles. The molecule has 0 saturated carbocycles. The van der Waals surface area contributed by atoms with Crippen molar-refractivity contribution in [2.75, 3.05) is 0 Å². The SMILES string of the molecule is CC1C=NC(N)=CN1. The van der Waals surface area contributed by atoms with Gasteiger partial charge in [-0.1, -0.05) is 0 Å². The number of rotatable bonds is 0. The smallest absolute Gasteiger partial charge is 0.138 e. The average molecular weight is 111 g/mol. The van der Waals surface area contributed by atoms with Gasteiger partial charge in [0.1, 0.15) is 5.82 Å². The van der Waals surface area contributed by atoms with Gasteiger partial charge in [-0.15, -0.1) is 0 Å². The van der Waals surface area contributed by atoms with Crippen molar-refractivity contribution in [3.8, 4) is 0 Å². The van der Waals surface area contributed by atoms with E-state index in [9.17, 15) is 0 Å². The van der Waals surface area contributed by atoms with Crippen molar-refractivity contribution in [3.05, 3.63) is 12.0 Å². The Kier molecular flexibility index (Phi) is 1.20. The first kappa shape index (κ1) is 5.15. The van der Waals surface area contributed by atoms with Gasteiger partial charge >= 0.3 is 0 Å². The Bertz CT molecular complexity index is 137. The fourth-order valence-corrected chi connectivity index (χ4v) is 0.495. The van der Waals surface area contributed by atoms with Crippen LogP contribution in [0.25, 0.3) is 0 Å². The number of nitrogens with two attached hydrogens (primary N) is 1. The van der Waals surface area contributed by atoms with E-state index in [1.165, 1.54) is 0 Å². The lowest BCUT2D eigenvalue weighted by molar-refractivity contribution is 0.791. The molecule has 0 aromatic carbocycles. The van der Waals surface area contributed by atoms with E-state index in [0.29, 0.717) is 11.9 Å². The van der Waals surface area contributed by atoms with E-state index >= 15 is 0 Å². The second-order valence-electron chi connectivity index (χ2n) is 1.80. The van der Waals surface area contributed by atoms with Crippen LogP contribution in [0.5, 0.6) is 0 Å². The maximum Gasteiger partial charge on any atom is 0.138 e. The second kappa shape index (κ2) is 1.86. The van der Waals surface area contributed by atoms with Crippen molar-refractivity contribution < 1.29 is 0 Å². The largest absolute Gasteiger partial charge is 0.383 e. The second-order valence-corrected chi connectivity index (χ2v) is 1.80. The van der Waals surface area contributed by atoms with Crippen molar-refractivity contribution in [3.63, 3.8) is 0 Å². The molecule has 0 bridgehead atoms. The van der Waals surface area contributed by atoms with E-state index in [4.69, 9.17) is 5.73 Å². The topological polar surface area (TPSA) is 50.4 Å². The fraction of sp³-hybridized carbons (Fsp3) is 0.400. The molecule has 3 heteroatoms. The molecule has 3 nitrogen and oxygen atoms in total. The van der Waals surface area contributed by atoms with Gasteiger partial charge in [0.15, 0.2) is 0 Å². The Morgan fingerprint density at radius 1 is 1.88 bits per heavy atom. The van der Waals surface area contributed by atoms with E-state index in [2.05, 4.69) is 10.3 Å². The zero-order valence-electron chi connectivity index (χ0n) is 4.76. The van der Waals surface area contributed by atoms with Crippen molar-refractivity contribution in [2.45, 2.75) is 13.0 Å². The predicted octanol–water partition coefficient (Wildman–Crippen LogP) is -0.193. The molecule has 0 aliphatic carbocycles. The molecule has 0 spiro atoms. The molecule has 3 N–H and O–H groups in total. The van der Waals surface area contributed by atoms with Crippen LogP contribution in [0, 0.1) is 0 Å². The standard InChI is InChI=1S/C5H9N3/c1-4-2-8-5(6)3-7-4/h2-4,7H,6H2,1H3. The highest BCUT2D eigenvalue weighted by molar-refractivity contribution is 5.66. The molecule has 8 heavy (non-hydrogen) atoms. The molecular formula is C5H9N3. The molecule has 1 heterocycles. The van der Waals surface area contributed by atoms with E-state index in [1.807, 2.05) is 6.92 Å². The zero-order chi connectivity index (χ0) is 5.98. The third kappa shape index (κ3) is 0.992. The van der Waals surface area contributed by atoms with Gasteiger partial charge in [-0.05, 0) is 6.92 Å². The van der Waals surface area contributed by atoms with Gasteiger partial charge in [0.05, 0.1) is 6.04 Å². The summed E-state index contributed by atoms with van der Waals surface area (Å²) in [6.45, 7) is 2.01. The molecular weight excluding hydrogens is 102 g/mol. The molecule has 44 valence electrons. The van der Waals surface area contributed by atoms with E-state index in [-0.39, 0.29) is 0 Å². The van der Waals surface area contributed by atoms with E-state index in [1.54, 1.807) is 12.4 Å². The lowest BCUT2D eigenvalue weighted by Crippen LogP contribution is -2.26. The average Bonchev–Trinajstić information content (AvgIpc) is 1.77. The van der Waals surface area contributed by atoms with Crippen LogP contribution < -0.4 is 11.1 Å². The van der Waals surface area contributed by atoms with Crippen molar-refractivity contribution in [1.82, 2.24) is 5.32 Å². The minimum Gasteiger partial charge on any atom is -0.383 e. The Hall–Kier alpha value is -0.990. The summed E-state index contributed by atoms with van der Waals surface area (Å²) in [6.07, 6.45) is 3.47. The molecule has 0 saturated heterocycles. The third-order valence-electron chi connectivity index (χ3n) is 0.941. The van der Waals surface area contributed by atoms with Crippen LogP contribution in [-0.2, 0) is 0 Å². The monoisotopic (exact) mass is 111 g/mol. The highest BCUT2D eigenvalue weighted by Gasteiger charge is 1.97. The molecule has 1 rings (SSSR count). The van der Waals surface area contributed by atoms with Crippen LogP contribution in [0.2, 0.25) is 0 Å². The summed E-state index contributed by atoms with van der Waals surface area (Å²) < 4.78 is 0. The molecule has 1 unspecified atom stereocenters. The van der Waals surface area contributed by atoms with Crippen LogP contribution in [0.1, 0.15) is 6.92 Å². The van der Waals surface area contributed by atoms with E-state index < -0.39 is 0 Å². The Morgan fingerprint density at radius 2 is 2.62 bits per heavy atom. The molecule has 1 aliphatic rings. The first-order chi connectivity index (χ1) is 3.79. The number of aliphatic imine (C=N–C) groups is 1. The number of nitrogens with zero attached hydrogens (tertiary/aromatic N) is 1. The molecule has 0 amide bonds. The highest BCUT2D eigenvalue weighted by Crippen LogP contribution is 1.90. The van der Waals surface area contributed by atoms with Gasteiger partial charge in [0, 0.05) is 12.4 Å². The molecule has 1 atom stereocenters. The molecule has 1 aliphatic heterocycles. The zero-order valence-corrected chi connectivity index (χ0v) is 4.76. The highest BCUT2D eigenvalue weighted by atomic mass is 15.0. The first-order valence-electron chi connectivity index (χ1n) is 2.55. The Labute approximate surface area is 48.3 Å². The van der Waals surface area contributed by atoms with Gasteiger partial charge in [-0.2, -0.15) is 0 Å². The van der Waals surface area contributed by atoms with Crippen LogP contribution in [-0.4, -0.2) is 12.3 Å². The summed E-state index contributed by atoms with van der Waals surface area (Å²) in [5.74, 6) is 0.545. The normalized spacial score (nSPS) is 26.6. The maximum absolute atomic E-state index is 5.30. The lowest BCUT2D eigenvalue weighted by atomic mass is 10.3. The molecule has 0 aromatic rings. The van der Waals surface area contributed by atoms with Gasteiger partial charge in [0.2, 0.25) is 0 Å². The Balaban J connectivity index is 2.58. The van der Waals surface area contributed by atoms with Crippen molar-refractivity contribution in [1.29, 1.82) is 0 Å². The summed E-state index contributed by atoms with van der Waals surface area (Å²) in [6, 6.07) is 0.322. The lowest BCUT2D eigenvalue weighted by Gasteiger charge is -2.09. The quantitative estimate of drug-likeness (QED) is 0.455. The van der Waals surface area contributed by atoms with Crippen LogP contribution in [0.3, 0.4) is 0 Å². The van der Waals surface area contributed by atoms with Crippen LogP contribution >= 0.6 is 0 Å². The van der Waals surface area contributed by atoms with Crippen LogP contribution in [0.4, 0.5) is 0 Å². The summed E-state index contributed by atoms with van der Waals surface area (Å²) in [7, 11) is 0. The van der Waals surface area contributed by atoms with Gasteiger partial charge in [-0.25, -0.2) is 4.99 Å². The van der Waals surface area contributed by atoms with Gasteiger partial charge < -0.3 is 11.1 Å². The minimum atomic E-state index is 0.322. The van der Waals surface area contributed by atoms with Crippen molar-refractivity contribution >= 4 is 6.21 Å². The van der Waals surface area contributed by atoms with Crippen LogP contribution in [0.15, 0.2) is 17.0 Å². The predicted molar refractivity (Wildman–Crippen MR) is 33.4 cm³/mol. The van der Waals surface area contributed by atoms with Gasteiger partial charge in [-0.3, -0.25) is 0 Å². The summed E-state index contributed by atoms with van der Waals surface area (Å²) in [5, 5.41) is 3.00. The fourth-order valence-electron chi connectivity index (χ4n) is 0.495. The number of hydrogen-bond acceptors (Lipinski definition) is 3.